The van der Waals surface area contributed by atoms with Crippen LogP contribution in [0.5, 0.6) is 0 Å². The Morgan fingerprint density at radius 1 is 1.81 bits per heavy atom. The molecule has 16 heavy (non-hydrogen) atoms. The SMILES string of the molecule is O=[N+]([O-])C=C1NCCC1Cc1cnc(Cl)s1. The van der Waals surface area contributed by atoms with E-state index in [4.69, 9.17) is 11.6 Å². The first-order chi connectivity index (χ1) is 7.65. The minimum Gasteiger partial charge on any atom is -0.383 e. The fourth-order valence-electron chi connectivity index (χ4n) is 1.79. The molecule has 0 aromatic carbocycles. The first kappa shape index (κ1) is 11.3. The lowest BCUT2D eigenvalue weighted by Gasteiger charge is -2.06. The molecule has 7 heteroatoms. The van der Waals surface area contributed by atoms with Gasteiger partial charge in [0.1, 0.15) is 0 Å². The highest BCUT2D eigenvalue weighted by atomic mass is 35.5. The van der Waals surface area contributed by atoms with E-state index in [0.29, 0.717) is 10.2 Å². The first-order valence-electron chi connectivity index (χ1n) is 4.84. The van der Waals surface area contributed by atoms with Crippen LogP contribution in [0.2, 0.25) is 4.47 Å². The van der Waals surface area contributed by atoms with Gasteiger partial charge in [-0.25, -0.2) is 4.98 Å². The molecule has 0 aliphatic carbocycles. The van der Waals surface area contributed by atoms with Gasteiger partial charge in [-0.1, -0.05) is 11.6 Å². The molecular formula is C9H10ClN3O2S. The van der Waals surface area contributed by atoms with Crippen LogP contribution < -0.4 is 5.32 Å². The van der Waals surface area contributed by atoms with E-state index in [1.165, 1.54) is 11.3 Å². The number of rotatable bonds is 3. The number of nitrogens with one attached hydrogen (secondary N) is 1. The van der Waals surface area contributed by atoms with E-state index < -0.39 is 4.92 Å². The molecule has 1 N–H and O–H groups in total. The quantitative estimate of drug-likeness (QED) is 0.666. The van der Waals surface area contributed by atoms with Crippen molar-refractivity contribution in [2.24, 2.45) is 5.92 Å². The van der Waals surface area contributed by atoms with Crippen molar-refractivity contribution >= 4 is 22.9 Å². The molecule has 0 saturated carbocycles. The lowest BCUT2D eigenvalue weighted by Crippen LogP contribution is -2.10. The molecule has 86 valence electrons. The van der Waals surface area contributed by atoms with Crippen LogP contribution in [0.25, 0.3) is 0 Å². The second kappa shape index (κ2) is 4.80. The molecule has 5 nitrogen and oxygen atoms in total. The monoisotopic (exact) mass is 259 g/mol. The maximum absolute atomic E-state index is 10.4. The average Bonchev–Trinajstić information content (AvgIpc) is 2.77. The molecule has 1 aliphatic rings. The number of nitrogens with zero attached hydrogens (tertiary/aromatic N) is 2. The predicted octanol–water partition coefficient (Wildman–Crippen LogP) is 2.07. The lowest BCUT2D eigenvalue weighted by molar-refractivity contribution is -0.404. The normalized spacial score (nSPS) is 22.3. The highest BCUT2D eigenvalue weighted by Gasteiger charge is 2.24. The Balaban J connectivity index is 2.06. The lowest BCUT2D eigenvalue weighted by atomic mass is 10.0. The van der Waals surface area contributed by atoms with Gasteiger partial charge in [0.05, 0.1) is 10.6 Å². The molecule has 1 unspecified atom stereocenters. The van der Waals surface area contributed by atoms with Crippen molar-refractivity contribution in [3.05, 3.63) is 37.6 Å². The number of thiazole rings is 1. The highest BCUT2D eigenvalue weighted by molar-refractivity contribution is 7.15. The second-order valence-electron chi connectivity index (χ2n) is 3.57. The van der Waals surface area contributed by atoms with Gasteiger partial charge in [0.15, 0.2) is 4.47 Å². The summed E-state index contributed by atoms with van der Waals surface area (Å²) in [5.74, 6) is 0.182. The standard InChI is InChI=1S/C9H10ClN3O2S/c10-9-12-4-7(16-9)3-6-1-2-11-8(6)5-13(14)15/h4-6,11H,1-3H2. The van der Waals surface area contributed by atoms with Crippen molar-refractivity contribution in [2.75, 3.05) is 6.54 Å². The van der Waals surface area contributed by atoms with E-state index in [0.717, 1.165) is 30.5 Å². The Morgan fingerprint density at radius 2 is 2.62 bits per heavy atom. The molecule has 0 radical (unpaired) electrons. The predicted molar refractivity (Wildman–Crippen MR) is 62.0 cm³/mol. The van der Waals surface area contributed by atoms with Crippen LogP contribution >= 0.6 is 22.9 Å². The van der Waals surface area contributed by atoms with Crippen LogP contribution in [0.1, 0.15) is 11.3 Å². The van der Waals surface area contributed by atoms with Crippen LogP contribution in [0.15, 0.2) is 18.1 Å². The Bertz CT molecular complexity index is 432. The van der Waals surface area contributed by atoms with Crippen LogP contribution in [0.3, 0.4) is 0 Å². The van der Waals surface area contributed by atoms with Crippen molar-refractivity contribution in [3.8, 4) is 0 Å². The molecule has 1 aromatic rings. The van der Waals surface area contributed by atoms with Crippen LogP contribution in [0, 0.1) is 16.0 Å². The van der Waals surface area contributed by atoms with Gasteiger partial charge in [-0.05, 0) is 12.8 Å². The van der Waals surface area contributed by atoms with Gasteiger partial charge < -0.3 is 5.32 Å². The Morgan fingerprint density at radius 3 is 3.25 bits per heavy atom. The van der Waals surface area contributed by atoms with Crippen LogP contribution in [0.4, 0.5) is 0 Å². The van der Waals surface area contributed by atoms with Crippen molar-refractivity contribution < 1.29 is 4.92 Å². The summed E-state index contributed by atoms with van der Waals surface area (Å²) in [6, 6.07) is 0. The van der Waals surface area contributed by atoms with E-state index in [1.54, 1.807) is 6.20 Å². The van der Waals surface area contributed by atoms with Gasteiger partial charge in [-0.2, -0.15) is 0 Å². The fraction of sp³-hybridized carbons (Fsp3) is 0.444. The van der Waals surface area contributed by atoms with Crippen molar-refractivity contribution in [1.82, 2.24) is 10.3 Å². The number of aromatic nitrogens is 1. The third-order valence-electron chi connectivity index (χ3n) is 2.48. The number of hydrogen-bond acceptors (Lipinski definition) is 5. The maximum Gasteiger partial charge on any atom is 0.253 e. The van der Waals surface area contributed by atoms with E-state index in [-0.39, 0.29) is 5.92 Å². The van der Waals surface area contributed by atoms with Gasteiger partial charge in [-0.3, -0.25) is 10.1 Å². The number of nitro groups is 1. The van der Waals surface area contributed by atoms with E-state index >= 15 is 0 Å². The van der Waals surface area contributed by atoms with Crippen molar-refractivity contribution in [3.63, 3.8) is 0 Å². The van der Waals surface area contributed by atoms with E-state index in [9.17, 15) is 10.1 Å². The fourth-order valence-corrected chi connectivity index (χ4v) is 2.85. The summed E-state index contributed by atoms with van der Waals surface area (Å²) in [7, 11) is 0. The molecule has 1 aliphatic heterocycles. The van der Waals surface area contributed by atoms with Crippen molar-refractivity contribution in [1.29, 1.82) is 0 Å². The maximum atomic E-state index is 10.4. The highest BCUT2D eigenvalue weighted by Crippen LogP contribution is 2.27. The Labute approximate surface area is 101 Å². The van der Waals surface area contributed by atoms with Gasteiger partial charge in [0.25, 0.3) is 6.20 Å². The molecule has 2 heterocycles. The summed E-state index contributed by atoms with van der Waals surface area (Å²) >= 11 is 7.16. The van der Waals surface area contributed by atoms with Gasteiger partial charge >= 0.3 is 0 Å². The minimum absolute atomic E-state index is 0.182. The zero-order chi connectivity index (χ0) is 11.5. The zero-order valence-corrected chi connectivity index (χ0v) is 9.92. The molecule has 1 atom stereocenters. The third kappa shape index (κ3) is 2.70. The first-order valence-corrected chi connectivity index (χ1v) is 6.04. The minimum atomic E-state index is -0.416. The number of hydrogen-bond donors (Lipinski definition) is 1. The Kier molecular flexibility index (Phi) is 3.40. The van der Waals surface area contributed by atoms with Crippen LogP contribution in [-0.4, -0.2) is 16.5 Å². The molecule has 0 spiro atoms. The summed E-state index contributed by atoms with van der Waals surface area (Å²) in [6.07, 6.45) is 4.46. The zero-order valence-electron chi connectivity index (χ0n) is 8.35. The number of allylic oxidation sites excluding steroid dienone is 1. The summed E-state index contributed by atoms with van der Waals surface area (Å²) < 4.78 is 0.515. The molecule has 0 bridgehead atoms. The molecule has 2 rings (SSSR count). The second-order valence-corrected chi connectivity index (χ2v) is 5.26. The molecular weight excluding hydrogens is 250 g/mol. The van der Waals surface area contributed by atoms with Crippen molar-refractivity contribution in [2.45, 2.75) is 12.8 Å². The summed E-state index contributed by atoms with van der Waals surface area (Å²) in [5.41, 5.74) is 0.703. The summed E-state index contributed by atoms with van der Waals surface area (Å²) in [5, 5.41) is 13.5. The van der Waals surface area contributed by atoms with Gasteiger partial charge in [0.2, 0.25) is 0 Å². The summed E-state index contributed by atoms with van der Waals surface area (Å²) in [6.45, 7) is 0.789. The largest absolute Gasteiger partial charge is 0.383 e. The third-order valence-corrected chi connectivity index (χ3v) is 3.62. The van der Waals surface area contributed by atoms with Gasteiger partial charge in [0, 0.05) is 23.5 Å². The smallest absolute Gasteiger partial charge is 0.253 e. The number of halogens is 1. The molecule has 1 aromatic heterocycles. The van der Waals surface area contributed by atoms with E-state index in [1.807, 2.05) is 0 Å². The summed E-state index contributed by atoms with van der Waals surface area (Å²) in [4.78, 5) is 15.0. The van der Waals surface area contributed by atoms with Gasteiger partial charge in [-0.15, -0.1) is 11.3 Å². The van der Waals surface area contributed by atoms with Crippen LogP contribution in [-0.2, 0) is 6.42 Å². The molecule has 0 amide bonds. The topological polar surface area (TPSA) is 68.1 Å². The van der Waals surface area contributed by atoms with E-state index in [2.05, 4.69) is 10.3 Å². The molecule has 1 fully saturated rings. The Hall–Kier alpha value is -1.14. The molecule has 1 saturated heterocycles. The average molecular weight is 260 g/mol.